The number of nitrogens with one attached hydrogen (secondary N) is 1. The van der Waals surface area contributed by atoms with E-state index in [2.05, 4.69) is 35.0 Å². The van der Waals surface area contributed by atoms with Gasteiger partial charge in [0.1, 0.15) is 5.82 Å². The van der Waals surface area contributed by atoms with Gasteiger partial charge in [-0.1, -0.05) is 13.3 Å². The van der Waals surface area contributed by atoms with Crippen LogP contribution in [0.1, 0.15) is 44.5 Å². The molecule has 0 aliphatic heterocycles. The van der Waals surface area contributed by atoms with Crippen molar-refractivity contribution in [1.29, 1.82) is 0 Å². The van der Waals surface area contributed by atoms with Crippen LogP contribution in [0.2, 0.25) is 0 Å². The number of hydrogen-bond donors (Lipinski definition) is 1. The molecule has 0 aromatic carbocycles. The fraction of sp³-hybridized carbons (Fsp3) is 0.786. The highest BCUT2D eigenvalue weighted by atomic mass is 15.1. The molecule has 17 heavy (non-hydrogen) atoms. The first-order chi connectivity index (χ1) is 8.36. The molecule has 2 aliphatic carbocycles. The molecule has 2 fully saturated rings. The fourth-order valence-corrected chi connectivity index (χ4v) is 3.89. The summed E-state index contributed by atoms with van der Waals surface area (Å²) in [5, 5.41) is 3.51. The highest BCUT2D eigenvalue weighted by molar-refractivity contribution is 5.13. The first-order valence-corrected chi connectivity index (χ1v) is 7.05. The molecule has 0 amide bonds. The van der Waals surface area contributed by atoms with Crippen LogP contribution in [0.25, 0.3) is 0 Å². The monoisotopic (exact) mass is 233 g/mol. The normalized spacial score (nSPS) is 32.5. The Morgan fingerprint density at radius 2 is 2.24 bits per heavy atom. The summed E-state index contributed by atoms with van der Waals surface area (Å²) in [5.41, 5.74) is 0. The quantitative estimate of drug-likeness (QED) is 0.847. The molecular weight excluding hydrogens is 210 g/mol. The predicted octanol–water partition coefficient (Wildman–Crippen LogP) is 2.60. The molecule has 0 bridgehead atoms. The summed E-state index contributed by atoms with van der Waals surface area (Å²) in [6, 6.07) is 0.479. The summed E-state index contributed by atoms with van der Waals surface area (Å²) in [6.45, 7) is 3.32. The molecule has 3 atom stereocenters. The van der Waals surface area contributed by atoms with Crippen LogP contribution < -0.4 is 5.32 Å². The molecule has 1 heterocycles. The predicted molar refractivity (Wildman–Crippen MR) is 68.6 cm³/mol. The van der Waals surface area contributed by atoms with Crippen LogP contribution >= 0.6 is 0 Å². The summed E-state index contributed by atoms with van der Waals surface area (Å²) in [5.74, 6) is 4.08. The van der Waals surface area contributed by atoms with Gasteiger partial charge in [0.25, 0.3) is 0 Å². The SMILES string of the molecule is CCCn1ccnc1C(NC)C1C2CCCC21. The van der Waals surface area contributed by atoms with Crippen LogP contribution in [-0.4, -0.2) is 16.6 Å². The number of rotatable bonds is 5. The number of fused-ring (bicyclic) bond motifs is 1. The maximum Gasteiger partial charge on any atom is 0.126 e. The van der Waals surface area contributed by atoms with Crippen molar-refractivity contribution < 1.29 is 0 Å². The van der Waals surface area contributed by atoms with Crippen LogP contribution in [-0.2, 0) is 6.54 Å². The van der Waals surface area contributed by atoms with Crippen molar-refractivity contribution in [3.05, 3.63) is 18.2 Å². The van der Waals surface area contributed by atoms with Crippen LogP contribution in [0, 0.1) is 17.8 Å². The van der Waals surface area contributed by atoms with Crippen molar-refractivity contribution in [3.8, 4) is 0 Å². The molecule has 3 nitrogen and oxygen atoms in total. The zero-order valence-corrected chi connectivity index (χ0v) is 10.9. The molecule has 3 heteroatoms. The third kappa shape index (κ3) is 1.81. The maximum atomic E-state index is 4.59. The molecule has 2 saturated carbocycles. The van der Waals surface area contributed by atoms with Gasteiger partial charge in [0.05, 0.1) is 6.04 Å². The van der Waals surface area contributed by atoms with E-state index in [9.17, 15) is 0 Å². The second-order valence-electron chi connectivity index (χ2n) is 5.58. The minimum absolute atomic E-state index is 0.479. The Labute approximate surface area is 104 Å². The van der Waals surface area contributed by atoms with Crippen LogP contribution in [0.4, 0.5) is 0 Å². The minimum Gasteiger partial charge on any atom is -0.334 e. The van der Waals surface area contributed by atoms with Crippen molar-refractivity contribution in [2.45, 2.75) is 45.2 Å². The van der Waals surface area contributed by atoms with Crippen molar-refractivity contribution in [1.82, 2.24) is 14.9 Å². The van der Waals surface area contributed by atoms with E-state index < -0.39 is 0 Å². The van der Waals surface area contributed by atoms with Crippen LogP contribution in [0.3, 0.4) is 0 Å². The lowest BCUT2D eigenvalue weighted by Gasteiger charge is -2.19. The molecule has 1 N–H and O–H groups in total. The molecule has 2 aliphatic rings. The maximum absolute atomic E-state index is 4.59. The molecule has 1 aromatic rings. The Kier molecular flexibility index (Phi) is 2.95. The Bertz CT molecular complexity index is 375. The molecule has 0 saturated heterocycles. The van der Waals surface area contributed by atoms with Crippen LogP contribution in [0.15, 0.2) is 12.4 Å². The van der Waals surface area contributed by atoms with Gasteiger partial charge in [0.2, 0.25) is 0 Å². The first-order valence-electron chi connectivity index (χ1n) is 7.05. The van der Waals surface area contributed by atoms with Gasteiger partial charge >= 0.3 is 0 Å². The molecular formula is C14H23N3. The number of aryl methyl sites for hydroxylation is 1. The lowest BCUT2D eigenvalue weighted by Crippen LogP contribution is -2.24. The lowest BCUT2D eigenvalue weighted by atomic mass is 10.0. The Morgan fingerprint density at radius 3 is 2.88 bits per heavy atom. The average molecular weight is 233 g/mol. The fourth-order valence-electron chi connectivity index (χ4n) is 3.89. The topological polar surface area (TPSA) is 29.9 Å². The van der Waals surface area contributed by atoms with Gasteiger partial charge in [0.15, 0.2) is 0 Å². The van der Waals surface area contributed by atoms with E-state index in [1.807, 2.05) is 6.20 Å². The van der Waals surface area contributed by atoms with E-state index in [0.717, 1.165) is 24.3 Å². The Balaban J connectivity index is 1.78. The second kappa shape index (κ2) is 4.45. The highest BCUT2D eigenvalue weighted by Gasteiger charge is 2.56. The van der Waals surface area contributed by atoms with E-state index in [1.165, 1.54) is 31.5 Å². The highest BCUT2D eigenvalue weighted by Crippen LogP contribution is 2.61. The molecule has 0 spiro atoms. The summed E-state index contributed by atoms with van der Waals surface area (Å²) in [4.78, 5) is 4.59. The van der Waals surface area contributed by atoms with Crippen molar-refractivity contribution in [2.24, 2.45) is 17.8 Å². The van der Waals surface area contributed by atoms with Crippen molar-refractivity contribution >= 4 is 0 Å². The standard InChI is InChI=1S/C14H23N3/c1-3-8-17-9-7-16-14(17)13(15-2)12-10-5-4-6-11(10)12/h7,9-13,15H,3-6,8H2,1-2H3. The molecule has 3 unspecified atom stereocenters. The van der Waals surface area contributed by atoms with Crippen molar-refractivity contribution in [2.75, 3.05) is 7.05 Å². The minimum atomic E-state index is 0.479. The second-order valence-corrected chi connectivity index (χ2v) is 5.58. The van der Waals surface area contributed by atoms with Gasteiger partial charge in [0, 0.05) is 18.9 Å². The van der Waals surface area contributed by atoms with Crippen LogP contribution in [0.5, 0.6) is 0 Å². The number of imidazole rings is 1. The van der Waals surface area contributed by atoms with E-state index in [-0.39, 0.29) is 0 Å². The van der Waals surface area contributed by atoms with Gasteiger partial charge in [-0.3, -0.25) is 0 Å². The smallest absolute Gasteiger partial charge is 0.126 e. The average Bonchev–Trinajstić information content (AvgIpc) is 2.75. The van der Waals surface area contributed by atoms with Gasteiger partial charge < -0.3 is 9.88 Å². The van der Waals surface area contributed by atoms with Gasteiger partial charge in [-0.2, -0.15) is 0 Å². The van der Waals surface area contributed by atoms with E-state index in [1.54, 1.807) is 0 Å². The molecule has 94 valence electrons. The van der Waals surface area contributed by atoms with Crippen molar-refractivity contribution in [3.63, 3.8) is 0 Å². The summed E-state index contributed by atoms with van der Waals surface area (Å²) in [6.07, 6.45) is 9.60. The number of aromatic nitrogens is 2. The number of nitrogens with zero attached hydrogens (tertiary/aromatic N) is 2. The molecule has 0 radical (unpaired) electrons. The van der Waals surface area contributed by atoms with Gasteiger partial charge in [-0.25, -0.2) is 4.98 Å². The van der Waals surface area contributed by atoms with E-state index >= 15 is 0 Å². The summed E-state index contributed by atoms with van der Waals surface area (Å²) < 4.78 is 2.33. The van der Waals surface area contributed by atoms with Gasteiger partial charge in [-0.05, 0) is 44.1 Å². The Morgan fingerprint density at radius 1 is 1.47 bits per heavy atom. The van der Waals surface area contributed by atoms with Gasteiger partial charge in [-0.15, -0.1) is 0 Å². The summed E-state index contributed by atoms with van der Waals surface area (Å²) in [7, 11) is 2.09. The zero-order valence-electron chi connectivity index (χ0n) is 10.9. The third-order valence-electron chi connectivity index (χ3n) is 4.66. The Hall–Kier alpha value is -0.830. The van der Waals surface area contributed by atoms with E-state index in [4.69, 9.17) is 0 Å². The molecule has 3 rings (SSSR count). The van der Waals surface area contributed by atoms with E-state index in [0.29, 0.717) is 6.04 Å². The first kappa shape index (κ1) is 11.3. The largest absolute Gasteiger partial charge is 0.334 e. The third-order valence-corrected chi connectivity index (χ3v) is 4.66. The summed E-state index contributed by atoms with van der Waals surface area (Å²) >= 11 is 0. The number of hydrogen-bond acceptors (Lipinski definition) is 2. The molecule has 1 aromatic heterocycles. The zero-order chi connectivity index (χ0) is 11.8. The lowest BCUT2D eigenvalue weighted by molar-refractivity contribution is 0.410.